The van der Waals surface area contributed by atoms with Crippen molar-refractivity contribution >= 4 is 21.9 Å². The highest BCUT2D eigenvalue weighted by atomic mass is 79.9. The Morgan fingerprint density at radius 3 is 2.33 bits per heavy atom. The van der Waals surface area contributed by atoms with Crippen LogP contribution >= 0.6 is 15.9 Å². The van der Waals surface area contributed by atoms with E-state index in [-0.39, 0.29) is 12.5 Å². The summed E-state index contributed by atoms with van der Waals surface area (Å²) < 4.78 is 0.959. The Morgan fingerprint density at radius 2 is 1.87 bits per heavy atom. The molecule has 5 N–H and O–H groups in total. The highest BCUT2D eigenvalue weighted by molar-refractivity contribution is 9.10. The van der Waals surface area contributed by atoms with Gasteiger partial charge in [0.15, 0.2) is 0 Å². The molecule has 5 heteroatoms. The number of carbonyl (C=O) groups is 1. The van der Waals surface area contributed by atoms with E-state index in [9.17, 15) is 4.79 Å². The molecule has 0 aliphatic rings. The van der Waals surface area contributed by atoms with Crippen molar-refractivity contribution < 1.29 is 9.90 Å². The molecule has 0 saturated carbocycles. The molecular weight excluding hydrogens is 260 g/mol. The summed E-state index contributed by atoms with van der Waals surface area (Å²) in [6.45, 7) is 0. The molecule has 1 aromatic rings. The van der Waals surface area contributed by atoms with Crippen molar-refractivity contribution in [1.29, 1.82) is 0 Å². The average molecular weight is 273 g/mol. The summed E-state index contributed by atoms with van der Waals surface area (Å²) in [5, 5.41) is 8.63. The molecule has 0 aliphatic carbocycles. The molecule has 0 radical (unpaired) electrons. The molecule has 0 amide bonds. The van der Waals surface area contributed by atoms with Crippen LogP contribution in [0.25, 0.3) is 0 Å². The van der Waals surface area contributed by atoms with Gasteiger partial charge in [0.2, 0.25) is 0 Å². The summed E-state index contributed by atoms with van der Waals surface area (Å²) in [4.78, 5) is 10.5. The molecule has 0 heterocycles. The summed E-state index contributed by atoms with van der Waals surface area (Å²) in [6.07, 6.45) is 0.233. The molecule has 4 nitrogen and oxygen atoms in total. The Labute approximate surface area is 96.4 Å². The number of aliphatic carboxylic acids is 1. The smallest absolute Gasteiger partial charge is 0.320 e. The van der Waals surface area contributed by atoms with Crippen LogP contribution in [0.1, 0.15) is 18.0 Å². The topological polar surface area (TPSA) is 89.3 Å². The maximum absolute atomic E-state index is 10.5. The molecule has 0 aliphatic heterocycles. The van der Waals surface area contributed by atoms with Crippen molar-refractivity contribution in [2.45, 2.75) is 18.5 Å². The van der Waals surface area contributed by atoms with E-state index in [4.69, 9.17) is 16.6 Å². The van der Waals surface area contributed by atoms with Crippen molar-refractivity contribution in [3.63, 3.8) is 0 Å². The maximum Gasteiger partial charge on any atom is 0.320 e. The number of benzene rings is 1. The minimum atomic E-state index is -1.03. The number of rotatable bonds is 4. The zero-order valence-corrected chi connectivity index (χ0v) is 9.65. The van der Waals surface area contributed by atoms with Crippen LogP contribution in [0.3, 0.4) is 0 Å². The highest BCUT2D eigenvalue weighted by Crippen LogP contribution is 2.18. The zero-order chi connectivity index (χ0) is 11.4. The fraction of sp³-hybridized carbons (Fsp3) is 0.300. The lowest BCUT2D eigenvalue weighted by atomic mass is 10.0. The average Bonchev–Trinajstić information content (AvgIpc) is 2.18. The first-order valence-electron chi connectivity index (χ1n) is 4.50. The van der Waals surface area contributed by atoms with Crippen LogP contribution in [0.5, 0.6) is 0 Å². The number of hydrogen-bond acceptors (Lipinski definition) is 3. The third-order valence-corrected chi connectivity index (χ3v) is 2.65. The summed E-state index contributed by atoms with van der Waals surface area (Å²) >= 11 is 3.31. The molecule has 0 unspecified atom stereocenters. The standard InChI is InChI=1S/C10H13BrN2O2/c11-7-3-1-6(2-4-7)8(12)5-9(13)10(14)15/h1-4,8-9H,5,12-13H2,(H,14,15)/t8-,9+/m1/s1. The van der Waals surface area contributed by atoms with Crippen LogP contribution < -0.4 is 11.5 Å². The van der Waals surface area contributed by atoms with Gasteiger partial charge in [0.25, 0.3) is 0 Å². The molecule has 0 fully saturated rings. The van der Waals surface area contributed by atoms with Crippen molar-refractivity contribution in [3.8, 4) is 0 Å². The van der Waals surface area contributed by atoms with E-state index in [2.05, 4.69) is 15.9 Å². The van der Waals surface area contributed by atoms with Gasteiger partial charge >= 0.3 is 5.97 Å². The van der Waals surface area contributed by atoms with Gasteiger partial charge in [-0.05, 0) is 24.1 Å². The number of hydrogen-bond donors (Lipinski definition) is 3. The number of halogens is 1. The monoisotopic (exact) mass is 272 g/mol. The van der Waals surface area contributed by atoms with Gasteiger partial charge in [0, 0.05) is 10.5 Å². The summed E-state index contributed by atoms with van der Waals surface area (Å²) in [5.74, 6) is -1.03. The molecule has 0 spiro atoms. The number of carboxylic acid groups (broad SMARTS) is 1. The van der Waals surface area contributed by atoms with Gasteiger partial charge in [-0.3, -0.25) is 4.79 Å². The number of nitrogens with two attached hydrogens (primary N) is 2. The predicted octanol–water partition coefficient (Wildman–Crippen LogP) is 1.25. The normalized spacial score (nSPS) is 14.6. The fourth-order valence-electron chi connectivity index (χ4n) is 1.22. The van der Waals surface area contributed by atoms with E-state index in [1.54, 1.807) is 0 Å². The van der Waals surface area contributed by atoms with Crippen LogP contribution in [0.2, 0.25) is 0 Å². The van der Waals surface area contributed by atoms with Gasteiger partial charge in [-0.1, -0.05) is 28.1 Å². The molecule has 2 atom stereocenters. The van der Waals surface area contributed by atoms with Crippen LogP contribution in [0.15, 0.2) is 28.7 Å². The minimum absolute atomic E-state index is 0.233. The van der Waals surface area contributed by atoms with E-state index in [0.29, 0.717) is 0 Å². The zero-order valence-electron chi connectivity index (χ0n) is 8.06. The van der Waals surface area contributed by atoms with Gasteiger partial charge in [0.05, 0.1) is 0 Å². The van der Waals surface area contributed by atoms with Gasteiger partial charge in [0.1, 0.15) is 6.04 Å². The maximum atomic E-state index is 10.5. The van der Waals surface area contributed by atoms with Gasteiger partial charge < -0.3 is 16.6 Å². The summed E-state index contributed by atoms with van der Waals surface area (Å²) in [5.41, 5.74) is 12.1. The first-order valence-corrected chi connectivity index (χ1v) is 5.29. The Hall–Kier alpha value is -0.910. The summed E-state index contributed by atoms with van der Waals surface area (Å²) in [6, 6.07) is 6.17. The van der Waals surface area contributed by atoms with E-state index >= 15 is 0 Å². The predicted molar refractivity (Wildman–Crippen MR) is 61.3 cm³/mol. The van der Waals surface area contributed by atoms with Gasteiger partial charge in [-0.25, -0.2) is 0 Å². The quantitative estimate of drug-likeness (QED) is 0.770. The molecule has 0 aromatic heterocycles. The lowest BCUT2D eigenvalue weighted by Crippen LogP contribution is -2.33. The minimum Gasteiger partial charge on any atom is -0.480 e. The first kappa shape index (κ1) is 12.2. The Kier molecular flexibility index (Phi) is 4.26. The lowest BCUT2D eigenvalue weighted by Gasteiger charge is -2.14. The molecule has 82 valence electrons. The molecule has 1 rings (SSSR count). The van der Waals surface area contributed by atoms with E-state index < -0.39 is 12.0 Å². The van der Waals surface area contributed by atoms with Crippen LogP contribution in [-0.4, -0.2) is 17.1 Å². The second kappa shape index (κ2) is 5.25. The Balaban J connectivity index is 2.64. The van der Waals surface area contributed by atoms with Crippen LogP contribution in [0, 0.1) is 0 Å². The first-order chi connectivity index (χ1) is 7.00. The van der Waals surface area contributed by atoms with Crippen LogP contribution in [-0.2, 0) is 4.79 Å². The Bertz CT molecular complexity index is 340. The molecule has 0 bridgehead atoms. The van der Waals surface area contributed by atoms with Crippen molar-refractivity contribution in [2.24, 2.45) is 11.5 Å². The fourth-order valence-corrected chi connectivity index (χ4v) is 1.48. The van der Waals surface area contributed by atoms with Crippen LogP contribution in [0.4, 0.5) is 0 Å². The molecule has 1 aromatic carbocycles. The third kappa shape index (κ3) is 3.62. The summed E-state index contributed by atoms with van der Waals surface area (Å²) in [7, 11) is 0. The number of carboxylic acids is 1. The molecule has 15 heavy (non-hydrogen) atoms. The second-order valence-corrected chi connectivity index (χ2v) is 4.25. The molecular formula is C10H13BrN2O2. The van der Waals surface area contributed by atoms with E-state index in [0.717, 1.165) is 10.0 Å². The van der Waals surface area contributed by atoms with Gasteiger partial charge in [-0.15, -0.1) is 0 Å². The van der Waals surface area contributed by atoms with E-state index in [1.807, 2.05) is 24.3 Å². The van der Waals surface area contributed by atoms with Crippen molar-refractivity contribution in [1.82, 2.24) is 0 Å². The van der Waals surface area contributed by atoms with E-state index in [1.165, 1.54) is 0 Å². The largest absolute Gasteiger partial charge is 0.480 e. The van der Waals surface area contributed by atoms with Crippen molar-refractivity contribution in [2.75, 3.05) is 0 Å². The highest BCUT2D eigenvalue weighted by Gasteiger charge is 2.16. The third-order valence-electron chi connectivity index (χ3n) is 2.12. The SMILES string of the molecule is N[C@H](C[C@H](N)C(=O)O)c1ccc(Br)cc1. The Morgan fingerprint density at radius 1 is 1.33 bits per heavy atom. The van der Waals surface area contributed by atoms with Gasteiger partial charge in [-0.2, -0.15) is 0 Å². The second-order valence-electron chi connectivity index (χ2n) is 3.34. The molecule has 0 saturated heterocycles. The van der Waals surface area contributed by atoms with Crippen molar-refractivity contribution in [3.05, 3.63) is 34.3 Å². The lowest BCUT2D eigenvalue weighted by molar-refractivity contribution is -0.138.